The Morgan fingerprint density at radius 3 is 2.61 bits per heavy atom. The molecule has 1 amide bonds. The summed E-state index contributed by atoms with van der Waals surface area (Å²) in [6.07, 6.45) is 2.98. The Balaban J connectivity index is 1.54. The number of benzene rings is 2. The monoisotopic (exact) mass is 582 g/mol. The standard InChI is InChI=1S/C25H16BrFN4O3S2/c26-17-6-3-5-15(12-17)20-19(21(32)14-8-10-28-11-9-14)22(33)23(34)31(20)24-29-30-25(36-24)35-13-16-4-1-2-7-18(16)27/h1-12,20,32H,13H2/b21-19+. The number of nitrogens with zero attached hydrogens (tertiary/aromatic N) is 4. The molecule has 0 saturated carbocycles. The smallest absolute Gasteiger partial charge is 0.301 e. The lowest BCUT2D eigenvalue weighted by Crippen LogP contribution is -2.29. The second-order valence-electron chi connectivity index (χ2n) is 7.69. The molecular formula is C25H16BrFN4O3S2. The van der Waals surface area contributed by atoms with Gasteiger partial charge >= 0.3 is 5.91 Å². The van der Waals surface area contributed by atoms with Crippen LogP contribution in [-0.2, 0) is 15.3 Å². The molecule has 1 unspecified atom stereocenters. The first-order valence-corrected chi connectivity index (χ1v) is 13.2. The molecule has 3 heterocycles. The van der Waals surface area contributed by atoms with Gasteiger partial charge in [-0.1, -0.05) is 69.4 Å². The van der Waals surface area contributed by atoms with E-state index in [0.29, 0.717) is 26.8 Å². The van der Waals surface area contributed by atoms with E-state index >= 15 is 0 Å². The van der Waals surface area contributed by atoms with Crippen LogP contribution in [0.1, 0.15) is 22.7 Å². The lowest BCUT2D eigenvalue weighted by atomic mass is 9.96. The lowest BCUT2D eigenvalue weighted by molar-refractivity contribution is -0.132. The first-order valence-electron chi connectivity index (χ1n) is 10.6. The lowest BCUT2D eigenvalue weighted by Gasteiger charge is -2.22. The number of carbonyl (C=O) groups excluding carboxylic acids is 2. The topological polar surface area (TPSA) is 96.3 Å². The third-order valence-corrected chi connectivity index (χ3v) is 8.07. The molecule has 1 fully saturated rings. The molecule has 2 aromatic carbocycles. The zero-order valence-electron chi connectivity index (χ0n) is 18.3. The van der Waals surface area contributed by atoms with Crippen LogP contribution >= 0.6 is 39.0 Å². The summed E-state index contributed by atoms with van der Waals surface area (Å²) in [5.74, 6) is -1.94. The van der Waals surface area contributed by atoms with Crippen LogP contribution in [-0.4, -0.2) is 32.0 Å². The summed E-state index contributed by atoms with van der Waals surface area (Å²) in [7, 11) is 0. The molecule has 11 heteroatoms. The highest BCUT2D eigenvalue weighted by Gasteiger charge is 2.48. The number of Topliss-reactive ketones (excluding diaryl/α,β-unsaturated/α-hetero) is 1. The number of ketones is 1. The number of rotatable bonds is 6. The van der Waals surface area contributed by atoms with Crippen molar-refractivity contribution < 1.29 is 19.1 Å². The molecule has 0 aliphatic carbocycles. The summed E-state index contributed by atoms with van der Waals surface area (Å²) in [6, 6.07) is 15.8. The van der Waals surface area contributed by atoms with E-state index in [1.807, 2.05) is 6.07 Å². The summed E-state index contributed by atoms with van der Waals surface area (Å²) in [4.78, 5) is 31.6. The van der Waals surface area contributed by atoms with Gasteiger partial charge in [0.05, 0.1) is 11.6 Å². The van der Waals surface area contributed by atoms with Crippen LogP contribution in [0.2, 0.25) is 0 Å². The number of amides is 1. The van der Waals surface area contributed by atoms with Gasteiger partial charge in [0.15, 0.2) is 4.34 Å². The predicted molar refractivity (Wildman–Crippen MR) is 139 cm³/mol. The molecule has 2 aromatic heterocycles. The van der Waals surface area contributed by atoms with Gasteiger partial charge in [-0.15, -0.1) is 10.2 Å². The molecule has 0 bridgehead atoms. The number of thioether (sulfide) groups is 1. The highest BCUT2D eigenvalue weighted by Crippen LogP contribution is 2.44. The van der Waals surface area contributed by atoms with Crippen LogP contribution in [0.25, 0.3) is 5.76 Å². The molecule has 0 spiro atoms. The third-order valence-electron chi connectivity index (χ3n) is 5.47. The van der Waals surface area contributed by atoms with Crippen molar-refractivity contribution in [2.75, 3.05) is 4.90 Å². The number of carbonyl (C=O) groups is 2. The molecule has 1 atom stereocenters. The minimum absolute atomic E-state index is 0.0555. The number of aromatic nitrogens is 3. The van der Waals surface area contributed by atoms with Gasteiger partial charge in [-0.3, -0.25) is 19.5 Å². The second-order valence-corrected chi connectivity index (χ2v) is 10.8. The number of hydrogen-bond donors (Lipinski definition) is 1. The third kappa shape index (κ3) is 4.69. The Kier molecular flexibility index (Phi) is 6.95. The van der Waals surface area contributed by atoms with Crippen LogP contribution in [0.3, 0.4) is 0 Å². The fourth-order valence-corrected chi connectivity index (χ4v) is 6.07. The van der Waals surface area contributed by atoms with Crippen molar-refractivity contribution in [2.24, 2.45) is 0 Å². The summed E-state index contributed by atoms with van der Waals surface area (Å²) in [6.45, 7) is 0. The van der Waals surface area contributed by atoms with Gasteiger partial charge in [0.2, 0.25) is 5.13 Å². The van der Waals surface area contributed by atoms with E-state index in [1.54, 1.807) is 48.5 Å². The molecule has 5 rings (SSSR count). The van der Waals surface area contributed by atoms with E-state index in [-0.39, 0.29) is 22.3 Å². The summed E-state index contributed by atoms with van der Waals surface area (Å²) in [5, 5.41) is 19.6. The number of aliphatic hydroxyl groups is 1. The van der Waals surface area contributed by atoms with E-state index < -0.39 is 17.7 Å². The minimum atomic E-state index is -0.923. The number of aliphatic hydroxyl groups excluding tert-OH is 1. The highest BCUT2D eigenvalue weighted by molar-refractivity contribution is 9.10. The van der Waals surface area contributed by atoms with E-state index in [1.165, 1.54) is 35.1 Å². The first kappa shape index (κ1) is 24.3. The molecule has 1 aliphatic rings. The predicted octanol–water partition coefficient (Wildman–Crippen LogP) is 5.75. The molecule has 1 N–H and O–H groups in total. The van der Waals surface area contributed by atoms with Crippen LogP contribution in [0.4, 0.5) is 9.52 Å². The molecular weight excluding hydrogens is 567 g/mol. The molecule has 0 radical (unpaired) electrons. The van der Waals surface area contributed by atoms with Crippen molar-refractivity contribution in [1.82, 2.24) is 15.2 Å². The number of anilines is 1. The summed E-state index contributed by atoms with van der Waals surface area (Å²) in [5.41, 5.74) is 1.43. The number of halogens is 2. The van der Waals surface area contributed by atoms with E-state index in [2.05, 4.69) is 31.1 Å². The molecule has 180 valence electrons. The highest BCUT2D eigenvalue weighted by atomic mass is 79.9. The molecule has 1 aliphatic heterocycles. The normalized spacial score (nSPS) is 17.1. The van der Waals surface area contributed by atoms with Crippen molar-refractivity contribution in [2.45, 2.75) is 16.1 Å². The quantitative estimate of drug-likeness (QED) is 0.102. The largest absolute Gasteiger partial charge is 0.507 e. The Morgan fingerprint density at radius 2 is 1.86 bits per heavy atom. The van der Waals surface area contributed by atoms with Crippen LogP contribution < -0.4 is 4.90 Å². The zero-order valence-corrected chi connectivity index (χ0v) is 21.6. The average molecular weight is 583 g/mol. The molecule has 4 aromatic rings. The summed E-state index contributed by atoms with van der Waals surface area (Å²) >= 11 is 5.83. The second kappa shape index (κ2) is 10.3. The maximum atomic E-state index is 14.0. The Labute approximate surface area is 221 Å². The average Bonchev–Trinajstić information content (AvgIpc) is 3.46. The zero-order chi connectivity index (χ0) is 25.2. The fourth-order valence-electron chi connectivity index (χ4n) is 3.80. The maximum Gasteiger partial charge on any atom is 0.301 e. The van der Waals surface area contributed by atoms with Gasteiger partial charge in [-0.25, -0.2) is 4.39 Å². The number of hydrogen-bond acceptors (Lipinski definition) is 8. The van der Waals surface area contributed by atoms with Gasteiger partial charge in [0, 0.05) is 28.2 Å². The van der Waals surface area contributed by atoms with Crippen molar-refractivity contribution in [1.29, 1.82) is 0 Å². The number of pyridine rings is 1. The van der Waals surface area contributed by atoms with Gasteiger partial charge in [0.1, 0.15) is 11.6 Å². The minimum Gasteiger partial charge on any atom is -0.507 e. The van der Waals surface area contributed by atoms with Crippen molar-refractivity contribution in [3.8, 4) is 0 Å². The SMILES string of the molecule is O=C1C(=O)N(c2nnc(SCc3ccccc3F)s2)C(c2cccc(Br)c2)/C1=C(\O)c1ccncc1. The van der Waals surface area contributed by atoms with E-state index in [9.17, 15) is 19.1 Å². The van der Waals surface area contributed by atoms with Gasteiger partial charge in [0.25, 0.3) is 5.78 Å². The van der Waals surface area contributed by atoms with Crippen molar-refractivity contribution >= 4 is 61.6 Å². The summed E-state index contributed by atoms with van der Waals surface area (Å²) < 4.78 is 15.2. The van der Waals surface area contributed by atoms with Gasteiger partial charge in [-0.05, 0) is 41.5 Å². The maximum absolute atomic E-state index is 14.0. The van der Waals surface area contributed by atoms with Crippen LogP contribution in [0.5, 0.6) is 0 Å². The fraction of sp³-hybridized carbons (Fsp3) is 0.0800. The van der Waals surface area contributed by atoms with Gasteiger partial charge < -0.3 is 5.11 Å². The Morgan fingerprint density at radius 1 is 1.08 bits per heavy atom. The molecule has 36 heavy (non-hydrogen) atoms. The first-order chi connectivity index (χ1) is 17.4. The molecule has 1 saturated heterocycles. The Hall–Kier alpha value is -3.41. The van der Waals surface area contributed by atoms with E-state index in [0.717, 1.165) is 15.8 Å². The van der Waals surface area contributed by atoms with Crippen molar-refractivity contribution in [3.63, 3.8) is 0 Å². The van der Waals surface area contributed by atoms with Crippen molar-refractivity contribution in [3.05, 3.63) is 106 Å². The Bertz CT molecular complexity index is 1500. The van der Waals surface area contributed by atoms with Crippen LogP contribution in [0, 0.1) is 5.82 Å². The van der Waals surface area contributed by atoms with E-state index in [4.69, 9.17) is 0 Å². The molecule has 7 nitrogen and oxygen atoms in total. The van der Waals surface area contributed by atoms with Crippen LogP contribution in [0.15, 0.2) is 87.4 Å². The van der Waals surface area contributed by atoms with Gasteiger partial charge in [-0.2, -0.15) is 0 Å².